The second-order valence-corrected chi connectivity index (χ2v) is 4.94. The first-order valence-corrected chi connectivity index (χ1v) is 7.45. The van der Waals surface area contributed by atoms with Gasteiger partial charge in [0.1, 0.15) is 11.6 Å². The van der Waals surface area contributed by atoms with Crippen molar-refractivity contribution in [3.8, 4) is 5.75 Å². The largest absolute Gasteiger partial charge is 0.492 e. The molecule has 0 radical (unpaired) electrons. The molecule has 0 unspecified atom stereocenters. The second-order valence-electron chi connectivity index (χ2n) is 3.95. The van der Waals surface area contributed by atoms with Crippen LogP contribution in [0, 0.1) is 5.82 Å². The quantitative estimate of drug-likeness (QED) is 0.807. The third kappa shape index (κ3) is 5.08. The van der Waals surface area contributed by atoms with E-state index in [1.807, 2.05) is 6.26 Å². The zero-order valence-electron chi connectivity index (χ0n) is 11.1. The highest BCUT2D eigenvalue weighted by atomic mass is 32.2. The average Bonchev–Trinajstić information content (AvgIpc) is 2.39. The van der Waals surface area contributed by atoms with Crippen molar-refractivity contribution in [1.82, 2.24) is 0 Å². The first-order chi connectivity index (χ1) is 9.08. The molecule has 1 aromatic carbocycles. The van der Waals surface area contributed by atoms with Crippen LogP contribution in [0.2, 0.25) is 0 Å². The second kappa shape index (κ2) is 8.01. The molecule has 0 aliphatic heterocycles. The molecule has 1 aromatic rings. The number of nitrogens with one attached hydrogen (secondary N) is 1. The Morgan fingerprint density at radius 1 is 1.58 bits per heavy atom. The number of thioether (sulfide) groups is 1. The summed E-state index contributed by atoms with van der Waals surface area (Å²) in [5.41, 5.74) is 6.20. The van der Waals surface area contributed by atoms with Crippen LogP contribution < -0.4 is 15.8 Å². The van der Waals surface area contributed by atoms with Gasteiger partial charge in [0.15, 0.2) is 0 Å². The average molecular weight is 286 g/mol. The summed E-state index contributed by atoms with van der Waals surface area (Å²) >= 11 is 1.63. The van der Waals surface area contributed by atoms with Gasteiger partial charge in [-0.15, -0.1) is 0 Å². The number of halogens is 1. The van der Waals surface area contributed by atoms with Crippen LogP contribution >= 0.6 is 11.8 Å². The summed E-state index contributed by atoms with van der Waals surface area (Å²) in [5, 5.41) is 2.67. The van der Waals surface area contributed by atoms with Crippen LogP contribution in [-0.2, 0) is 4.79 Å². The molecule has 0 aromatic heterocycles. The third-order valence-corrected chi connectivity index (χ3v) is 3.12. The molecule has 1 amide bonds. The first-order valence-electron chi connectivity index (χ1n) is 6.06. The van der Waals surface area contributed by atoms with Gasteiger partial charge in [-0.3, -0.25) is 4.79 Å². The van der Waals surface area contributed by atoms with Crippen LogP contribution in [-0.4, -0.2) is 30.6 Å². The summed E-state index contributed by atoms with van der Waals surface area (Å²) < 4.78 is 18.4. The number of amides is 1. The fourth-order valence-electron chi connectivity index (χ4n) is 1.48. The van der Waals surface area contributed by atoms with Crippen LogP contribution in [0.5, 0.6) is 5.75 Å². The Morgan fingerprint density at radius 2 is 2.32 bits per heavy atom. The lowest BCUT2D eigenvalue weighted by atomic mass is 10.2. The predicted octanol–water partition coefficient (Wildman–Crippen LogP) is 2.24. The molecule has 6 heteroatoms. The van der Waals surface area contributed by atoms with E-state index in [9.17, 15) is 9.18 Å². The Balaban J connectivity index is 2.72. The summed E-state index contributed by atoms with van der Waals surface area (Å²) in [4.78, 5) is 11.9. The molecule has 106 valence electrons. The van der Waals surface area contributed by atoms with Gasteiger partial charge in [-0.25, -0.2) is 4.39 Å². The molecule has 0 spiro atoms. The lowest BCUT2D eigenvalue weighted by Crippen LogP contribution is -2.36. The maximum absolute atomic E-state index is 13.1. The van der Waals surface area contributed by atoms with E-state index in [-0.39, 0.29) is 5.91 Å². The highest BCUT2D eigenvalue weighted by Gasteiger charge is 2.15. The van der Waals surface area contributed by atoms with Crippen LogP contribution in [0.3, 0.4) is 0 Å². The van der Waals surface area contributed by atoms with E-state index < -0.39 is 11.9 Å². The minimum absolute atomic E-state index is 0.290. The normalized spacial score (nSPS) is 12.0. The first kappa shape index (κ1) is 15.8. The van der Waals surface area contributed by atoms with Gasteiger partial charge >= 0.3 is 0 Å². The van der Waals surface area contributed by atoms with Crippen molar-refractivity contribution in [3.63, 3.8) is 0 Å². The van der Waals surface area contributed by atoms with Crippen molar-refractivity contribution in [2.75, 3.05) is 23.9 Å². The number of hydrogen-bond acceptors (Lipinski definition) is 4. The predicted molar refractivity (Wildman–Crippen MR) is 77.2 cm³/mol. The summed E-state index contributed by atoms with van der Waals surface area (Å²) in [6.45, 7) is 2.19. The van der Waals surface area contributed by atoms with E-state index >= 15 is 0 Å². The molecule has 1 rings (SSSR count). The Bertz CT molecular complexity index is 429. The highest BCUT2D eigenvalue weighted by molar-refractivity contribution is 7.98. The Kier molecular flexibility index (Phi) is 6.66. The molecular formula is C13H19FN2O2S. The number of benzene rings is 1. The molecule has 19 heavy (non-hydrogen) atoms. The van der Waals surface area contributed by atoms with E-state index in [4.69, 9.17) is 10.5 Å². The number of rotatable bonds is 7. The molecule has 0 fully saturated rings. The van der Waals surface area contributed by atoms with Gasteiger partial charge in [0.2, 0.25) is 5.91 Å². The minimum atomic E-state index is -0.577. The van der Waals surface area contributed by atoms with E-state index in [2.05, 4.69) is 5.32 Å². The molecule has 0 bridgehead atoms. The van der Waals surface area contributed by atoms with Gasteiger partial charge in [0.05, 0.1) is 18.3 Å². The fourth-order valence-corrected chi connectivity index (χ4v) is 1.97. The van der Waals surface area contributed by atoms with Gasteiger partial charge in [-0.1, -0.05) is 0 Å². The summed E-state index contributed by atoms with van der Waals surface area (Å²) in [6, 6.07) is 3.41. The maximum Gasteiger partial charge on any atom is 0.241 e. The van der Waals surface area contributed by atoms with Gasteiger partial charge in [-0.05, 0) is 37.5 Å². The molecule has 0 saturated heterocycles. The fraction of sp³-hybridized carbons (Fsp3) is 0.462. The molecule has 0 heterocycles. The van der Waals surface area contributed by atoms with Crippen molar-refractivity contribution in [2.24, 2.45) is 5.73 Å². The molecule has 3 N–H and O–H groups in total. The van der Waals surface area contributed by atoms with E-state index in [1.165, 1.54) is 18.2 Å². The molecule has 4 nitrogen and oxygen atoms in total. The van der Waals surface area contributed by atoms with Gasteiger partial charge < -0.3 is 15.8 Å². The number of carbonyl (C=O) groups is 1. The lowest BCUT2D eigenvalue weighted by Gasteiger charge is -2.14. The zero-order chi connectivity index (χ0) is 14.3. The third-order valence-electron chi connectivity index (χ3n) is 2.47. The van der Waals surface area contributed by atoms with Crippen LogP contribution in [0.1, 0.15) is 13.3 Å². The van der Waals surface area contributed by atoms with E-state index in [1.54, 1.807) is 18.7 Å². The van der Waals surface area contributed by atoms with Crippen LogP contribution in [0.15, 0.2) is 18.2 Å². The Morgan fingerprint density at radius 3 is 2.95 bits per heavy atom. The smallest absolute Gasteiger partial charge is 0.241 e. The summed E-state index contributed by atoms with van der Waals surface area (Å²) in [7, 11) is 0. The molecular weight excluding hydrogens is 267 g/mol. The van der Waals surface area contributed by atoms with Crippen molar-refractivity contribution in [2.45, 2.75) is 19.4 Å². The van der Waals surface area contributed by atoms with Crippen molar-refractivity contribution in [1.29, 1.82) is 0 Å². The maximum atomic E-state index is 13.1. The molecule has 0 aliphatic carbocycles. The standard InChI is InChI=1S/C13H19FN2O2S/c1-3-18-12-8-9(14)4-5-11(12)16-13(17)10(15)6-7-19-2/h4-5,8,10H,3,6-7,15H2,1-2H3,(H,16,17)/t10-/m0/s1. The number of nitrogens with two attached hydrogens (primary N) is 1. The topological polar surface area (TPSA) is 64.3 Å². The van der Waals surface area contributed by atoms with Crippen molar-refractivity contribution < 1.29 is 13.9 Å². The SMILES string of the molecule is CCOc1cc(F)ccc1NC(=O)[C@@H](N)CCSC. The lowest BCUT2D eigenvalue weighted by molar-refractivity contribution is -0.117. The van der Waals surface area contributed by atoms with Crippen LogP contribution in [0.4, 0.5) is 10.1 Å². The number of carbonyl (C=O) groups excluding carboxylic acids is 1. The van der Waals surface area contributed by atoms with Crippen molar-refractivity contribution >= 4 is 23.4 Å². The minimum Gasteiger partial charge on any atom is -0.492 e. The Hall–Kier alpha value is -1.27. The van der Waals surface area contributed by atoms with E-state index in [0.29, 0.717) is 24.5 Å². The van der Waals surface area contributed by atoms with Crippen LogP contribution in [0.25, 0.3) is 0 Å². The monoisotopic (exact) mass is 286 g/mol. The molecule has 1 atom stereocenters. The number of hydrogen-bond donors (Lipinski definition) is 2. The highest BCUT2D eigenvalue weighted by Crippen LogP contribution is 2.25. The zero-order valence-corrected chi connectivity index (χ0v) is 11.9. The molecule has 0 saturated carbocycles. The number of ether oxygens (including phenoxy) is 1. The number of anilines is 1. The van der Waals surface area contributed by atoms with Gasteiger partial charge in [0, 0.05) is 6.07 Å². The van der Waals surface area contributed by atoms with Gasteiger partial charge in [0.25, 0.3) is 0 Å². The van der Waals surface area contributed by atoms with Gasteiger partial charge in [-0.2, -0.15) is 11.8 Å². The van der Waals surface area contributed by atoms with E-state index in [0.717, 1.165) is 5.75 Å². The van der Waals surface area contributed by atoms with Crippen molar-refractivity contribution in [3.05, 3.63) is 24.0 Å². The molecule has 0 aliphatic rings. The summed E-state index contributed by atoms with van der Waals surface area (Å²) in [5.74, 6) is 0.429. The Labute approximate surface area is 116 Å². The summed E-state index contributed by atoms with van der Waals surface area (Å²) in [6.07, 6.45) is 2.55.